The number of amides is 1. The van der Waals surface area contributed by atoms with Crippen LogP contribution in [0.25, 0.3) is 5.76 Å². The number of carbonyl (C=O) groups excluding carboxylic acids is 2. The molecule has 1 amide bonds. The Labute approximate surface area is 195 Å². The van der Waals surface area contributed by atoms with Crippen molar-refractivity contribution in [2.24, 2.45) is 0 Å². The molecule has 7 nitrogen and oxygen atoms in total. The first kappa shape index (κ1) is 24.5. The van der Waals surface area contributed by atoms with Crippen LogP contribution in [0.2, 0.25) is 0 Å². The summed E-state index contributed by atoms with van der Waals surface area (Å²) in [5.74, 6) is -0.749. The summed E-state index contributed by atoms with van der Waals surface area (Å²) in [5.41, 5.74) is 1.96. The summed E-state index contributed by atoms with van der Waals surface area (Å²) in [6, 6.07) is 8.21. The fourth-order valence-corrected chi connectivity index (χ4v) is 4.16. The summed E-state index contributed by atoms with van der Waals surface area (Å²) in [6.45, 7) is 7.34. The first-order valence-corrected chi connectivity index (χ1v) is 11.1. The molecule has 1 N–H and O–H groups in total. The fraction of sp³-hybridized carbons (Fsp3) is 0.423. The maximum Gasteiger partial charge on any atom is 0.295 e. The second-order valence-electron chi connectivity index (χ2n) is 9.59. The van der Waals surface area contributed by atoms with Crippen LogP contribution in [0.15, 0.2) is 48.3 Å². The number of aromatic nitrogens is 1. The SMILES string of the molecule is COc1ccc(/C(O)=C2/C(=O)C(=O)N(CCCN(C)C)C2c2ccncc2)cc1C(C)(C)C. The lowest BCUT2D eigenvalue weighted by atomic mass is 9.84. The van der Waals surface area contributed by atoms with Gasteiger partial charge in [0.05, 0.1) is 18.7 Å². The van der Waals surface area contributed by atoms with Gasteiger partial charge in [0, 0.05) is 30.1 Å². The zero-order valence-corrected chi connectivity index (χ0v) is 20.3. The molecule has 0 spiro atoms. The highest BCUT2D eigenvalue weighted by molar-refractivity contribution is 6.46. The van der Waals surface area contributed by atoms with E-state index in [1.165, 1.54) is 0 Å². The average Bonchev–Trinajstić information content (AvgIpc) is 3.03. The van der Waals surface area contributed by atoms with E-state index >= 15 is 0 Å². The molecule has 0 bridgehead atoms. The number of benzene rings is 1. The third kappa shape index (κ3) is 5.09. The zero-order chi connectivity index (χ0) is 24.3. The molecule has 2 heterocycles. The Balaban J connectivity index is 2.14. The molecule has 1 aliphatic rings. The number of hydrogen-bond donors (Lipinski definition) is 1. The molecular weight excluding hydrogens is 418 g/mol. The summed E-state index contributed by atoms with van der Waals surface area (Å²) in [5, 5.41) is 11.3. The van der Waals surface area contributed by atoms with Crippen molar-refractivity contribution in [1.29, 1.82) is 0 Å². The van der Waals surface area contributed by atoms with Gasteiger partial charge < -0.3 is 19.6 Å². The van der Waals surface area contributed by atoms with E-state index < -0.39 is 17.7 Å². The predicted octanol–water partition coefficient (Wildman–Crippen LogP) is 3.76. The second kappa shape index (κ2) is 9.75. The Kier molecular flexibility index (Phi) is 7.22. The zero-order valence-electron chi connectivity index (χ0n) is 20.3. The van der Waals surface area contributed by atoms with Gasteiger partial charge in [-0.1, -0.05) is 20.8 Å². The van der Waals surface area contributed by atoms with Gasteiger partial charge in [0.2, 0.25) is 0 Å². The number of Topliss-reactive ketones (excluding diaryl/α,β-unsaturated/α-hetero) is 1. The van der Waals surface area contributed by atoms with Crippen LogP contribution in [0.4, 0.5) is 0 Å². The van der Waals surface area contributed by atoms with E-state index in [0.29, 0.717) is 24.3 Å². The normalized spacial score (nSPS) is 18.3. The number of hydrogen-bond acceptors (Lipinski definition) is 6. The van der Waals surface area contributed by atoms with Gasteiger partial charge in [-0.2, -0.15) is 0 Å². The van der Waals surface area contributed by atoms with Crippen molar-refractivity contribution < 1.29 is 19.4 Å². The number of nitrogens with zero attached hydrogens (tertiary/aromatic N) is 3. The van der Waals surface area contributed by atoms with Gasteiger partial charge >= 0.3 is 0 Å². The number of ether oxygens (including phenoxy) is 1. The molecule has 0 saturated carbocycles. The maximum absolute atomic E-state index is 13.2. The quantitative estimate of drug-likeness (QED) is 0.392. The Morgan fingerprint density at radius 1 is 1.15 bits per heavy atom. The van der Waals surface area contributed by atoms with Crippen LogP contribution in [-0.4, -0.2) is 65.9 Å². The molecule has 1 fully saturated rings. The lowest BCUT2D eigenvalue weighted by Gasteiger charge is -2.26. The van der Waals surface area contributed by atoms with E-state index in [1.54, 1.807) is 48.7 Å². The molecule has 33 heavy (non-hydrogen) atoms. The van der Waals surface area contributed by atoms with Crippen LogP contribution >= 0.6 is 0 Å². The van der Waals surface area contributed by atoms with E-state index in [0.717, 1.165) is 17.7 Å². The molecular formula is C26H33N3O4. The monoisotopic (exact) mass is 451 g/mol. The number of rotatable bonds is 7. The van der Waals surface area contributed by atoms with E-state index in [1.807, 2.05) is 25.1 Å². The van der Waals surface area contributed by atoms with Crippen LogP contribution in [0.1, 0.15) is 49.9 Å². The van der Waals surface area contributed by atoms with Crippen molar-refractivity contribution in [1.82, 2.24) is 14.8 Å². The first-order chi connectivity index (χ1) is 15.6. The molecule has 1 aliphatic heterocycles. The minimum Gasteiger partial charge on any atom is -0.507 e. The van der Waals surface area contributed by atoms with Crippen LogP contribution in [0, 0.1) is 0 Å². The fourth-order valence-electron chi connectivity index (χ4n) is 4.16. The summed E-state index contributed by atoms with van der Waals surface area (Å²) >= 11 is 0. The predicted molar refractivity (Wildman–Crippen MR) is 128 cm³/mol. The van der Waals surface area contributed by atoms with E-state index in [2.05, 4.69) is 25.8 Å². The van der Waals surface area contributed by atoms with E-state index in [-0.39, 0.29) is 16.7 Å². The highest BCUT2D eigenvalue weighted by atomic mass is 16.5. The maximum atomic E-state index is 13.2. The Bertz CT molecular complexity index is 1050. The third-order valence-electron chi connectivity index (χ3n) is 5.85. The van der Waals surface area contributed by atoms with Crippen molar-refractivity contribution in [2.75, 3.05) is 34.3 Å². The standard InChI is InChI=1S/C26H33N3O4/c1-26(2,3)19-16-18(8-9-20(19)33-6)23(30)21-22(17-10-12-27-13-11-17)29(25(32)24(21)31)15-7-14-28(4)5/h8-13,16,22,30H,7,14-15H2,1-6H3/b23-21-. The molecule has 0 radical (unpaired) electrons. The van der Waals surface area contributed by atoms with Gasteiger partial charge in [0.1, 0.15) is 11.5 Å². The van der Waals surface area contributed by atoms with Crippen LogP contribution in [-0.2, 0) is 15.0 Å². The first-order valence-electron chi connectivity index (χ1n) is 11.1. The van der Waals surface area contributed by atoms with Crippen molar-refractivity contribution in [3.05, 3.63) is 65.0 Å². The lowest BCUT2D eigenvalue weighted by Crippen LogP contribution is -2.32. The summed E-state index contributed by atoms with van der Waals surface area (Å²) < 4.78 is 5.50. The smallest absolute Gasteiger partial charge is 0.295 e. The Hall–Kier alpha value is -3.19. The molecule has 1 aromatic heterocycles. The van der Waals surface area contributed by atoms with E-state index in [4.69, 9.17) is 4.74 Å². The molecule has 1 saturated heterocycles. The number of likely N-dealkylation sites (tertiary alicyclic amines) is 1. The molecule has 2 aromatic rings. The van der Waals surface area contributed by atoms with Crippen LogP contribution in [0.3, 0.4) is 0 Å². The van der Waals surface area contributed by atoms with Crippen molar-refractivity contribution in [3.63, 3.8) is 0 Å². The number of aliphatic hydroxyl groups is 1. The van der Waals surface area contributed by atoms with Crippen LogP contribution < -0.4 is 4.74 Å². The van der Waals surface area contributed by atoms with Gasteiger partial charge in [-0.3, -0.25) is 14.6 Å². The van der Waals surface area contributed by atoms with Gasteiger partial charge in [0.25, 0.3) is 11.7 Å². The second-order valence-corrected chi connectivity index (χ2v) is 9.59. The number of ketones is 1. The summed E-state index contributed by atoms with van der Waals surface area (Å²) in [7, 11) is 5.53. The van der Waals surface area contributed by atoms with Gasteiger partial charge in [0.15, 0.2) is 0 Å². The molecule has 1 aromatic carbocycles. The van der Waals surface area contributed by atoms with Crippen LogP contribution in [0.5, 0.6) is 5.75 Å². The molecule has 1 atom stereocenters. The number of pyridine rings is 1. The minimum absolute atomic E-state index is 0.0982. The number of aliphatic hydroxyl groups excluding tert-OH is 1. The molecule has 3 rings (SSSR count). The van der Waals surface area contributed by atoms with Crippen molar-refractivity contribution in [3.8, 4) is 5.75 Å². The third-order valence-corrected chi connectivity index (χ3v) is 5.85. The highest BCUT2D eigenvalue weighted by Gasteiger charge is 2.45. The molecule has 176 valence electrons. The highest BCUT2D eigenvalue weighted by Crippen LogP contribution is 2.40. The Morgan fingerprint density at radius 3 is 2.39 bits per heavy atom. The molecule has 1 unspecified atom stereocenters. The number of carbonyl (C=O) groups is 2. The summed E-state index contributed by atoms with van der Waals surface area (Å²) in [4.78, 5) is 33.8. The van der Waals surface area contributed by atoms with Crippen molar-refractivity contribution in [2.45, 2.75) is 38.6 Å². The molecule has 7 heteroatoms. The van der Waals surface area contributed by atoms with Gasteiger partial charge in [-0.05, 0) is 68.4 Å². The lowest BCUT2D eigenvalue weighted by molar-refractivity contribution is -0.139. The average molecular weight is 452 g/mol. The van der Waals surface area contributed by atoms with Gasteiger partial charge in [-0.25, -0.2) is 0 Å². The number of methoxy groups -OCH3 is 1. The largest absolute Gasteiger partial charge is 0.507 e. The Morgan fingerprint density at radius 2 is 1.82 bits per heavy atom. The minimum atomic E-state index is -0.674. The topological polar surface area (TPSA) is 83.0 Å². The van der Waals surface area contributed by atoms with E-state index in [9.17, 15) is 14.7 Å². The van der Waals surface area contributed by atoms with Gasteiger partial charge in [-0.15, -0.1) is 0 Å². The molecule has 0 aliphatic carbocycles. The van der Waals surface area contributed by atoms with Crippen molar-refractivity contribution >= 4 is 17.4 Å². The summed E-state index contributed by atoms with van der Waals surface area (Å²) in [6.07, 6.45) is 3.96.